The summed E-state index contributed by atoms with van der Waals surface area (Å²) in [5.41, 5.74) is 1.29. The summed E-state index contributed by atoms with van der Waals surface area (Å²) >= 11 is 0. The van der Waals surface area contributed by atoms with Crippen molar-refractivity contribution in [1.82, 2.24) is 0 Å². The van der Waals surface area contributed by atoms with E-state index in [1.807, 2.05) is 115 Å². The Balaban J connectivity index is 2.11. The van der Waals surface area contributed by atoms with Gasteiger partial charge in [-0.05, 0) is 28.4 Å². The lowest BCUT2D eigenvalue weighted by Gasteiger charge is -2.36. The Hall–Kier alpha value is -4.95. The van der Waals surface area contributed by atoms with Gasteiger partial charge in [0, 0.05) is 16.8 Å². The minimum Gasteiger partial charge on any atom is -0.289 e. The first-order chi connectivity index (χ1) is 19.7. The van der Waals surface area contributed by atoms with E-state index in [0.717, 1.165) is 21.5 Å². The van der Waals surface area contributed by atoms with Crippen LogP contribution >= 0.6 is 6.89 Å². The van der Waals surface area contributed by atoms with Gasteiger partial charge in [0.15, 0.2) is 5.78 Å². The van der Waals surface area contributed by atoms with E-state index in [-0.39, 0.29) is 5.78 Å². The number of rotatable bonds is 8. The number of nitriles is 2. The first-order valence-electron chi connectivity index (χ1n) is 13.1. The largest absolute Gasteiger partial charge is 0.289 e. The molecule has 0 aliphatic rings. The van der Waals surface area contributed by atoms with Gasteiger partial charge in [0.2, 0.25) is 0 Å². The van der Waals surface area contributed by atoms with E-state index in [1.165, 1.54) is 0 Å². The molecule has 0 spiro atoms. The predicted molar refractivity (Wildman–Crippen MR) is 165 cm³/mol. The molecule has 192 valence electrons. The van der Waals surface area contributed by atoms with Gasteiger partial charge in [-0.3, -0.25) is 4.79 Å². The molecule has 0 N–H and O–H groups in total. The zero-order valence-corrected chi connectivity index (χ0v) is 22.7. The summed E-state index contributed by atoms with van der Waals surface area (Å²) in [7, 11) is 0. The van der Waals surface area contributed by atoms with Crippen molar-refractivity contribution in [1.29, 1.82) is 10.5 Å². The minimum absolute atomic E-state index is 0.158. The van der Waals surface area contributed by atoms with Gasteiger partial charge < -0.3 is 0 Å². The molecule has 40 heavy (non-hydrogen) atoms. The Labute approximate surface area is 235 Å². The highest BCUT2D eigenvalue weighted by Gasteiger charge is 2.41. The molecule has 5 aromatic carbocycles. The maximum Gasteiger partial charge on any atom is 0.190 e. The number of carbonyl (C=O) groups excluding carboxylic acids is 1. The summed E-state index contributed by atoms with van der Waals surface area (Å²) < 4.78 is 0. The summed E-state index contributed by atoms with van der Waals surface area (Å²) in [4.78, 5) is 15.0. The summed E-state index contributed by atoms with van der Waals surface area (Å²) in [5.74, 6) is -2.01. The Morgan fingerprint density at radius 3 is 1.25 bits per heavy atom. The lowest BCUT2D eigenvalue weighted by Crippen LogP contribution is -2.38. The van der Waals surface area contributed by atoms with Gasteiger partial charge in [0.05, 0.1) is 12.1 Å². The van der Waals surface area contributed by atoms with E-state index >= 15 is 4.79 Å². The Morgan fingerprint density at radius 1 is 0.525 bits per heavy atom. The van der Waals surface area contributed by atoms with Crippen LogP contribution in [0.25, 0.3) is 0 Å². The molecule has 4 heteroatoms. The molecule has 0 bridgehead atoms. The van der Waals surface area contributed by atoms with Crippen LogP contribution < -0.4 is 15.9 Å². The molecule has 5 rings (SSSR count). The second-order valence-corrected chi connectivity index (χ2v) is 12.8. The maximum atomic E-state index is 15.0. The molecule has 0 saturated carbocycles. The lowest BCUT2D eigenvalue weighted by molar-refractivity contribution is 0.106. The van der Waals surface area contributed by atoms with Crippen LogP contribution in [0.3, 0.4) is 0 Å². The number of nitrogens with zero attached hydrogens (tertiary/aromatic N) is 2. The van der Waals surface area contributed by atoms with Crippen molar-refractivity contribution in [3.05, 3.63) is 163 Å². The third kappa shape index (κ3) is 4.92. The Kier molecular flexibility index (Phi) is 8.18. The number of Topliss-reactive ketones (excluding diaryl/α,β-unsaturated/α-hetero) is 1. The highest BCUT2D eigenvalue weighted by molar-refractivity contribution is 7.96. The molecular formula is C36H27N2OP. The van der Waals surface area contributed by atoms with Gasteiger partial charge in [-0.2, -0.15) is 10.5 Å². The van der Waals surface area contributed by atoms with Crippen LogP contribution in [0.15, 0.2) is 152 Å². The van der Waals surface area contributed by atoms with Crippen LogP contribution in [0.1, 0.15) is 21.8 Å². The van der Waals surface area contributed by atoms with Crippen molar-refractivity contribution in [3.63, 3.8) is 0 Å². The highest BCUT2D eigenvalue weighted by Crippen LogP contribution is 2.51. The van der Waals surface area contributed by atoms with Gasteiger partial charge in [-0.1, -0.05) is 152 Å². The van der Waals surface area contributed by atoms with Gasteiger partial charge in [0.25, 0.3) is 0 Å². The molecule has 0 heterocycles. The molecule has 0 amide bonds. The van der Waals surface area contributed by atoms with Crippen LogP contribution in [0.5, 0.6) is 0 Å². The smallest absolute Gasteiger partial charge is 0.190 e. The maximum absolute atomic E-state index is 15.0. The fourth-order valence-electron chi connectivity index (χ4n) is 5.41. The van der Waals surface area contributed by atoms with Crippen LogP contribution in [0, 0.1) is 28.6 Å². The molecule has 0 radical (unpaired) electrons. The normalized spacial score (nSPS) is 11.7. The summed E-state index contributed by atoms with van der Waals surface area (Å²) in [6, 6.07) is 53.5. The van der Waals surface area contributed by atoms with E-state index in [2.05, 4.69) is 48.5 Å². The van der Waals surface area contributed by atoms with E-state index in [4.69, 9.17) is 0 Å². The molecule has 0 aromatic heterocycles. The number of benzene rings is 5. The highest BCUT2D eigenvalue weighted by atomic mass is 31.2. The van der Waals surface area contributed by atoms with Crippen molar-refractivity contribution < 1.29 is 4.79 Å². The second-order valence-electron chi connectivity index (χ2n) is 9.38. The van der Waals surface area contributed by atoms with Crippen molar-refractivity contribution in [2.45, 2.75) is 5.92 Å². The molecule has 0 fully saturated rings. The van der Waals surface area contributed by atoms with Crippen LogP contribution in [-0.2, 0) is 0 Å². The average Bonchev–Trinajstić information content (AvgIpc) is 3.04. The fourth-order valence-corrected chi connectivity index (χ4v) is 10.1. The number of hydrogen-bond acceptors (Lipinski definition) is 3. The van der Waals surface area contributed by atoms with E-state index in [0.29, 0.717) is 10.9 Å². The lowest BCUT2D eigenvalue weighted by atomic mass is 9.82. The predicted octanol–water partition coefficient (Wildman–Crippen LogP) is 6.48. The fraction of sp³-hybridized carbons (Fsp3) is 0.0556. The molecule has 3 nitrogen and oxygen atoms in total. The molecular weight excluding hydrogens is 507 g/mol. The SMILES string of the molecule is N#CC(C#N)C(C(C(=O)c1ccccc1)=P(c1ccccc1)(c1ccccc1)c1ccccc1)c1ccccc1. The molecule has 0 aliphatic heterocycles. The summed E-state index contributed by atoms with van der Waals surface area (Å²) in [5, 5.41) is 24.2. The quantitative estimate of drug-likeness (QED) is 0.169. The monoisotopic (exact) mass is 534 g/mol. The minimum atomic E-state index is -2.92. The third-order valence-electron chi connectivity index (χ3n) is 7.13. The molecule has 1 unspecified atom stereocenters. The van der Waals surface area contributed by atoms with Crippen molar-refractivity contribution in [2.24, 2.45) is 5.92 Å². The second kappa shape index (κ2) is 12.3. The van der Waals surface area contributed by atoms with E-state index in [1.54, 1.807) is 0 Å². The van der Waals surface area contributed by atoms with Crippen molar-refractivity contribution >= 4 is 33.9 Å². The standard InChI is InChI=1S/C36H27N2OP/c37-26-30(27-38)34(28-16-6-1-7-17-28)36(35(39)29-18-8-2-9-19-29)40(31-20-10-3-11-21-31,32-22-12-4-13-23-32)33-24-14-5-15-25-33/h1-25,30,34H. The average molecular weight is 535 g/mol. The van der Waals surface area contributed by atoms with Crippen LogP contribution in [-0.4, -0.2) is 11.1 Å². The topological polar surface area (TPSA) is 64.7 Å². The Bertz CT molecular complexity index is 1600. The van der Waals surface area contributed by atoms with E-state index < -0.39 is 18.7 Å². The van der Waals surface area contributed by atoms with Gasteiger partial charge in [0.1, 0.15) is 5.92 Å². The summed E-state index contributed by atoms with van der Waals surface area (Å²) in [6.45, 7) is -2.92. The molecule has 5 aromatic rings. The van der Waals surface area contributed by atoms with Crippen LogP contribution in [0.2, 0.25) is 0 Å². The number of carbonyl (C=O) groups is 1. The van der Waals surface area contributed by atoms with Crippen molar-refractivity contribution in [3.8, 4) is 12.1 Å². The first kappa shape index (κ1) is 26.6. The zero-order valence-electron chi connectivity index (χ0n) is 21.8. The molecule has 0 aliphatic carbocycles. The number of hydrogen-bond donors (Lipinski definition) is 0. The van der Waals surface area contributed by atoms with Gasteiger partial charge in [-0.15, -0.1) is 0 Å². The van der Waals surface area contributed by atoms with Gasteiger partial charge in [-0.25, -0.2) is 0 Å². The van der Waals surface area contributed by atoms with E-state index in [9.17, 15) is 10.5 Å². The number of ketones is 1. The Morgan fingerprint density at radius 2 is 0.875 bits per heavy atom. The third-order valence-corrected chi connectivity index (χ3v) is 11.5. The van der Waals surface area contributed by atoms with Crippen LogP contribution in [0.4, 0.5) is 0 Å². The first-order valence-corrected chi connectivity index (χ1v) is 14.9. The zero-order chi connectivity index (χ0) is 27.8. The van der Waals surface area contributed by atoms with Crippen molar-refractivity contribution in [2.75, 3.05) is 0 Å². The molecule has 0 saturated heterocycles. The molecule has 1 atom stereocenters. The summed E-state index contributed by atoms with van der Waals surface area (Å²) in [6.07, 6.45) is 0. The van der Waals surface area contributed by atoms with Gasteiger partial charge >= 0.3 is 0 Å².